The van der Waals surface area contributed by atoms with Gasteiger partial charge >= 0.3 is 6.18 Å². The summed E-state index contributed by atoms with van der Waals surface area (Å²) in [6, 6.07) is 7.58. The van der Waals surface area contributed by atoms with Crippen LogP contribution in [0.2, 0.25) is 0 Å². The van der Waals surface area contributed by atoms with Crippen LogP contribution >= 0.6 is 22.7 Å². The normalized spacial score (nSPS) is 18.1. The van der Waals surface area contributed by atoms with Gasteiger partial charge in [0.05, 0.1) is 10.8 Å². The largest absolute Gasteiger partial charge is 0.430 e. The van der Waals surface area contributed by atoms with Gasteiger partial charge in [-0.1, -0.05) is 12.1 Å². The number of allylic oxidation sites excluding steroid dienone is 1. The van der Waals surface area contributed by atoms with Crippen LogP contribution in [0.1, 0.15) is 14.5 Å². The number of thiophene rings is 2. The van der Waals surface area contributed by atoms with Crippen LogP contribution in [0.4, 0.5) is 13.2 Å². The number of alkyl halides is 3. The van der Waals surface area contributed by atoms with Crippen LogP contribution in [-0.2, 0) is 4.79 Å². The lowest BCUT2D eigenvalue weighted by molar-refractivity contribution is -0.114. The Morgan fingerprint density at radius 1 is 1.20 bits per heavy atom. The van der Waals surface area contributed by atoms with Gasteiger partial charge in [-0.05, 0) is 22.9 Å². The molecule has 0 bridgehead atoms. The second kappa shape index (κ2) is 6.38. The maximum Gasteiger partial charge on any atom is 0.430 e. The lowest BCUT2D eigenvalue weighted by Crippen LogP contribution is -2.40. The number of hydrogen-bond donors (Lipinski definition) is 0. The van der Waals surface area contributed by atoms with E-state index in [2.05, 4.69) is 4.99 Å². The third kappa shape index (κ3) is 3.06. The van der Waals surface area contributed by atoms with E-state index in [1.54, 1.807) is 22.9 Å². The molecular formula is C16H7F3N2O2S2. The average Bonchev–Trinajstić information content (AvgIpc) is 3.25. The van der Waals surface area contributed by atoms with Gasteiger partial charge in [-0.15, -0.1) is 22.7 Å². The minimum absolute atomic E-state index is 0.0997. The zero-order chi connectivity index (χ0) is 18.2. The van der Waals surface area contributed by atoms with Crippen LogP contribution in [0, 0.1) is 17.2 Å². The van der Waals surface area contributed by atoms with E-state index in [4.69, 9.17) is 0 Å². The third-order valence-corrected chi connectivity index (χ3v) is 5.27. The van der Waals surface area contributed by atoms with Gasteiger partial charge < -0.3 is 0 Å². The van der Waals surface area contributed by atoms with Crippen molar-refractivity contribution in [3.63, 3.8) is 0 Å². The van der Waals surface area contributed by atoms with E-state index in [1.807, 2.05) is 0 Å². The van der Waals surface area contributed by atoms with E-state index >= 15 is 0 Å². The zero-order valence-electron chi connectivity index (χ0n) is 12.2. The lowest BCUT2D eigenvalue weighted by Gasteiger charge is -2.25. The highest BCUT2D eigenvalue weighted by Crippen LogP contribution is 2.41. The van der Waals surface area contributed by atoms with E-state index in [0.717, 1.165) is 22.7 Å². The minimum atomic E-state index is -4.98. The Hall–Kier alpha value is -2.57. The second-order valence-electron chi connectivity index (χ2n) is 4.95. The molecule has 1 unspecified atom stereocenters. The van der Waals surface area contributed by atoms with E-state index in [9.17, 15) is 28.0 Å². The summed E-state index contributed by atoms with van der Waals surface area (Å²) in [6.45, 7) is 0. The summed E-state index contributed by atoms with van der Waals surface area (Å²) in [5.74, 6) is -3.96. The number of halogens is 3. The van der Waals surface area contributed by atoms with Crippen molar-refractivity contribution in [2.75, 3.05) is 0 Å². The second-order valence-corrected chi connectivity index (χ2v) is 6.85. The predicted molar refractivity (Wildman–Crippen MR) is 87.5 cm³/mol. The standard InChI is InChI=1S/C16H7F3N2O2S2/c17-16(18,19)14-12(13(22)10-4-2-6-25-10)11(9-3-1-5-24-9)8(7-20)15(23)21-14/h1-6,12H. The number of dihydropyridines is 1. The molecule has 0 aliphatic carbocycles. The van der Waals surface area contributed by atoms with Crippen molar-refractivity contribution < 1.29 is 22.8 Å². The van der Waals surface area contributed by atoms with Crippen molar-refractivity contribution in [3.8, 4) is 6.07 Å². The first-order valence-electron chi connectivity index (χ1n) is 6.80. The molecule has 2 aromatic heterocycles. The van der Waals surface area contributed by atoms with Gasteiger partial charge in [0.1, 0.15) is 17.4 Å². The highest BCUT2D eigenvalue weighted by molar-refractivity contribution is 7.12. The smallest absolute Gasteiger partial charge is 0.292 e. The van der Waals surface area contributed by atoms with Gasteiger partial charge in [-0.2, -0.15) is 18.4 Å². The van der Waals surface area contributed by atoms with E-state index < -0.39 is 35.1 Å². The van der Waals surface area contributed by atoms with E-state index in [1.165, 1.54) is 18.2 Å². The quantitative estimate of drug-likeness (QED) is 0.752. The highest BCUT2D eigenvalue weighted by atomic mass is 32.1. The van der Waals surface area contributed by atoms with Crippen molar-refractivity contribution in [1.82, 2.24) is 0 Å². The molecule has 3 rings (SSSR count). The Kier molecular flexibility index (Phi) is 4.41. The van der Waals surface area contributed by atoms with E-state index in [-0.39, 0.29) is 15.3 Å². The van der Waals surface area contributed by atoms with Gasteiger partial charge in [0.2, 0.25) is 0 Å². The van der Waals surface area contributed by atoms with Crippen LogP contribution in [-0.4, -0.2) is 23.6 Å². The Morgan fingerprint density at radius 2 is 1.88 bits per heavy atom. The lowest BCUT2D eigenvalue weighted by atomic mass is 9.82. The fourth-order valence-corrected chi connectivity index (χ4v) is 3.98. The zero-order valence-corrected chi connectivity index (χ0v) is 13.8. The van der Waals surface area contributed by atoms with Crippen LogP contribution in [0.3, 0.4) is 0 Å². The molecule has 0 spiro atoms. The number of nitriles is 1. The number of carbonyl (C=O) groups is 2. The molecule has 0 N–H and O–H groups in total. The number of nitrogens with zero attached hydrogens (tertiary/aromatic N) is 2. The molecule has 1 aliphatic rings. The maximum atomic E-state index is 13.5. The number of rotatable bonds is 3. The molecule has 9 heteroatoms. The average molecular weight is 380 g/mol. The summed E-state index contributed by atoms with van der Waals surface area (Å²) < 4.78 is 40.4. The van der Waals surface area contributed by atoms with Gasteiger partial charge in [-0.25, -0.2) is 4.99 Å². The first-order chi connectivity index (χ1) is 11.8. The highest BCUT2D eigenvalue weighted by Gasteiger charge is 2.50. The van der Waals surface area contributed by atoms with Gasteiger partial charge in [-0.3, -0.25) is 9.59 Å². The van der Waals surface area contributed by atoms with Crippen LogP contribution in [0.5, 0.6) is 0 Å². The molecule has 3 heterocycles. The molecule has 126 valence electrons. The van der Waals surface area contributed by atoms with Crippen molar-refractivity contribution in [2.45, 2.75) is 6.18 Å². The Morgan fingerprint density at radius 3 is 2.40 bits per heavy atom. The molecule has 25 heavy (non-hydrogen) atoms. The number of aliphatic imine (C=N–C) groups is 1. The molecule has 0 aromatic carbocycles. The molecule has 1 atom stereocenters. The number of carbonyl (C=O) groups excluding carboxylic acids is 2. The minimum Gasteiger partial charge on any atom is -0.292 e. The molecular weight excluding hydrogens is 373 g/mol. The number of ketones is 1. The topological polar surface area (TPSA) is 70.3 Å². The predicted octanol–water partition coefficient (Wildman–Crippen LogP) is 4.13. The van der Waals surface area contributed by atoms with Gasteiger partial charge in [0, 0.05) is 10.5 Å². The molecule has 0 fully saturated rings. The van der Waals surface area contributed by atoms with Crippen LogP contribution in [0.15, 0.2) is 45.6 Å². The van der Waals surface area contributed by atoms with Gasteiger partial charge in [0.25, 0.3) is 5.91 Å². The summed E-state index contributed by atoms with van der Waals surface area (Å²) in [7, 11) is 0. The van der Waals surface area contributed by atoms with Crippen molar-refractivity contribution >= 4 is 45.6 Å². The van der Waals surface area contributed by atoms with Crippen molar-refractivity contribution in [2.24, 2.45) is 10.9 Å². The summed E-state index contributed by atoms with van der Waals surface area (Å²) in [5.41, 5.74) is -2.26. The number of amides is 1. The number of hydrogen-bond acceptors (Lipinski definition) is 5. The third-order valence-electron chi connectivity index (χ3n) is 3.48. The summed E-state index contributed by atoms with van der Waals surface area (Å²) in [5, 5.41) is 12.4. The number of Topliss-reactive ketones (excluding diaryl/α,β-unsaturated/α-hetero) is 1. The Bertz CT molecular complexity index is 933. The SMILES string of the molecule is N#CC1=C(c2cccs2)C(C(=O)c2cccs2)C(C(F)(F)F)=NC1=O. The van der Waals surface area contributed by atoms with Crippen LogP contribution < -0.4 is 0 Å². The Balaban J connectivity index is 2.27. The maximum absolute atomic E-state index is 13.5. The van der Waals surface area contributed by atoms with E-state index in [0.29, 0.717) is 0 Å². The fraction of sp³-hybridized carbons (Fsp3) is 0.125. The van der Waals surface area contributed by atoms with Gasteiger partial charge in [0.15, 0.2) is 5.78 Å². The summed E-state index contributed by atoms with van der Waals surface area (Å²) in [4.78, 5) is 28.1. The molecule has 0 saturated heterocycles. The molecule has 1 aliphatic heterocycles. The van der Waals surface area contributed by atoms with Crippen molar-refractivity contribution in [3.05, 3.63) is 50.4 Å². The van der Waals surface area contributed by atoms with Crippen LogP contribution in [0.25, 0.3) is 5.57 Å². The monoisotopic (exact) mass is 380 g/mol. The summed E-state index contributed by atoms with van der Waals surface area (Å²) in [6.07, 6.45) is -4.98. The molecule has 2 aromatic rings. The fourth-order valence-electron chi connectivity index (χ4n) is 2.47. The molecule has 4 nitrogen and oxygen atoms in total. The first-order valence-corrected chi connectivity index (χ1v) is 8.56. The van der Waals surface area contributed by atoms with Crippen molar-refractivity contribution in [1.29, 1.82) is 5.26 Å². The first kappa shape index (κ1) is 17.3. The molecule has 0 saturated carbocycles. The summed E-state index contributed by atoms with van der Waals surface area (Å²) >= 11 is 2.04. The molecule has 0 radical (unpaired) electrons. The Labute approximate surface area is 147 Å². The molecule has 1 amide bonds.